The number of alkyl halides is 3. The van der Waals surface area contributed by atoms with Crippen LogP contribution in [-0.2, 0) is 27.5 Å². The summed E-state index contributed by atoms with van der Waals surface area (Å²) < 4.78 is 70.5. The standard InChI is InChI=1S/C19H18ClF3N2O4S/c20-16-5-4-14(11-17(16)30(27,28)25-6-8-29-9-7-25)18(26)24-12-13-2-1-3-15(10-13)19(21,22)23/h1-5,10-11H,6-9,12H2,(H,24,26). The van der Waals surface area contributed by atoms with Gasteiger partial charge in [0.05, 0.1) is 23.8 Å². The largest absolute Gasteiger partial charge is 0.416 e. The van der Waals surface area contributed by atoms with Crippen molar-refractivity contribution in [3.63, 3.8) is 0 Å². The van der Waals surface area contributed by atoms with Crippen molar-refractivity contribution in [2.75, 3.05) is 26.3 Å². The average molecular weight is 463 g/mol. The highest BCUT2D eigenvalue weighted by Crippen LogP contribution is 2.30. The van der Waals surface area contributed by atoms with Crippen LogP contribution in [0.5, 0.6) is 0 Å². The first kappa shape index (κ1) is 22.5. The summed E-state index contributed by atoms with van der Waals surface area (Å²) in [6.45, 7) is 0.703. The lowest BCUT2D eigenvalue weighted by Crippen LogP contribution is -2.40. The Morgan fingerprint density at radius 1 is 1.13 bits per heavy atom. The number of ether oxygens (including phenoxy) is 1. The molecule has 0 saturated carbocycles. The fourth-order valence-electron chi connectivity index (χ4n) is 2.91. The van der Waals surface area contributed by atoms with Crippen molar-refractivity contribution in [1.82, 2.24) is 9.62 Å². The number of halogens is 4. The first-order valence-corrected chi connectivity index (χ1v) is 10.7. The van der Waals surface area contributed by atoms with E-state index in [1.165, 1.54) is 28.6 Å². The molecule has 0 unspecified atom stereocenters. The van der Waals surface area contributed by atoms with Gasteiger partial charge in [-0.1, -0.05) is 23.7 Å². The molecule has 1 saturated heterocycles. The summed E-state index contributed by atoms with van der Waals surface area (Å²) in [5.41, 5.74) is -0.536. The quantitative estimate of drug-likeness (QED) is 0.739. The Bertz CT molecular complexity index is 1040. The fourth-order valence-corrected chi connectivity index (χ4v) is 4.82. The predicted octanol–water partition coefficient (Wildman–Crippen LogP) is 3.31. The number of rotatable bonds is 5. The molecule has 30 heavy (non-hydrogen) atoms. The number of amides is 1. The molecule has 1 N–H and O–H groups in total. The molecule has 162 valence electrons. The Balaban J connectivity index is 1.77. The third-order valence-corrected chi connectivity index (χ3v) is 6.87. The van der Waals surface area contributed by atoms with E-state index in [0.717, 1.165) is 18.2 Å². The van der Waals surface area contributed by atoms with E-state index in [1.807, 2.05) is 0 Å². The third kappa shape index (κ3) is 5.12. The van der Waals surface area contributed by atoms with Crippen molar-refractivity contribution < 1.29 is 31.1 Å². The minimum atomic E-state index is -4.49. The van der Waals surface area contributed by atoms with E-state index in [1.54, 1.807) is 0 Å². The van der Waals surface area contributed by atoms with Gasteiger partial charge in [0.1, 0.15) is 4.90 Å². The molecule has 1 aliphatic heterocycles. The molecule has 1 fully saturated rings. The molecule has 1 aliphatic rings. The lowest BCUT2D eigenvalue weighted by atomic mass is 10.1. The average Bonchev–Trinajstić information content (AvgIpc) is 2.72. The second-order valence-electron chi connectivity index (χ2n) is 6.54. The van der Waals surface area contributed by atoms with Crippen molar-refractivity contribution in [2.24, 2.45) is 0 Å². The van der Waals surface area contributed by atoms with E-state index in [0.29, 0.717) is 0 Å². The first-order valence-electron chi connectivity index (χ1n) is 8.91. The van der Waals surface area contributed by atoms with E-state index in [2.05, 4.69) is 5.32 Å². The van der Waals surface area contributed by atoms with Gasteiger partial charge in [-0.15, -0.1) is 0 Å². The minimum absolute atomic E-state index is 0.0261. The smallest absolute Gasteiger partial charge is 0.379 e. The molecule has 3 rings (SSSR count). The zero-order valence-corrected chi connectivity index (χ0v) is 17.1. The maximum atomic E-state index is 12.8. The number of nitrogens with zero attached hydrogens (tertiary/aromatic N) is 1. The SMILES string of the molecule is O=C(NCc1cccc(C(F)(F)F)c1)c1ccc(Cl)c(S(=O)(=O)N2CCOCC2)c1. The molecule has 0 bridgehead atoms. The van der Waals surface area contributed by atoms with E-state index >= 15 is 0 Å². The van der Waals surface area contributed by atoms with Crippen molar-refractivity contribution >= 4 is 27.5 Å². The highest BCUT2D eigenvalue weighted by atomic mass is 35.5. The summed E-state index contributed by atoms with van der Waals surface area (Å²) in [4.78, 5) is 12.3. The van der Waals surface area contributed by atoms with Crippen molar-refractivity contribution in [2.45, 2.75) is 17.6 Å². The van der Waals surface area contributed by atoms with Crippen LogP contribution in [0.15, 0.2) is 47.4 Å². The minimum Gasteiger partial charge on any atom is -0.379 e. The van der Waals surface area contributed by atoms with E-state index in [-0.39, 0.29) is 53.9 Å². The van der Waals surface area contributed by atoms with Gasteiger partial charge in [-0.25, -0.2) is 8.42 Å². The maximum absolute atomic E-state index is 12.8. The molecule has 1 amide bonds. The van der Waals surface area contributed by atoms with Crippen LogP contribution in [0.3, 0.4) is 0 Å². The molecule has 11 heteroatoms. The third-order valence-electron chi connectivity index (χ3n) is 4.49. The Morgan fingerprint density at radius 2 is 1.83 bits per heavy atom. The number of carbonyl (C=O) groups excluding carboxylic acids is 1. The Labute approximate surface area is 176 Å². The molecule has 0 radical (unpaired) electrons. The van der Waals surface area contributed by atoms with Gasteiger partial charge in [-0.3, -0.25) is 4.79 Å². The van der Waals surface area contributed by atoms with Crippen molar-refractivity contribution in [3.05, 3.63) is 64.2 Å². The van der Waals surface area contributed by atoms with E-state index in [4.69, 9.17) is 16.3 Å². The molecular formula is C19H18ClF3N2O4S. The number of morpholine rings is 1. The fraction of sp³-hybridized carbons (Fsp3) is 0.316. The number of carbonyl (C=O) groups is 1. The van der Waals surface area contributed by atoms with Gasteiger partial charge >= 0.3 is 6.18 Å². The van der Waals surface area contributed by atoms with Crippen molar-refractivity contribution in [1.29, 1.82) is 0 Å². The van der Waals surface area contributed by atoms with Gasteiger partial charge < -0.3 is 10.1 Å². The first-order chi connectivity index (χ1) is 14.1. The van der Waals surface area contributed by atoms with Crippen LogP contribution in [0.25, 0.3) is 0 Å². The predicted molar refractivity (Wildman–Crippen MR) is 104 cm³/mol. The highest BCUT2D eigenvalue weighted by Gasteiger charge is 2.31. The molecular weight excluding hydrogens is 445 g/mol. The van der Waals surface area contributed by atoms with Crippen LogP contribution >= 0.6 is 11.6 Å². The number of hydrogen-bond donors (Lipinski definition) is 1. The summed E-state index contributed by atoms with van der Waals surface area (Å²) in [7, 11) is -3.92. The zero-order chi connectivity index (χ0) is 21.9. The van der Waals surface area contributed by atoms with Crippen LogP contribution in [0.2, 0.25) is 5.02 Å². The molecule has 0 spiro atoms. The molecule has 1 heterocycles. The molecule has 2 aromatic rings. The van der Waals surface area contributed by atoms with Gasteiger partial charge in [-0.2, -0.15) is 17.5 Å². The maximum Gasteiger partial charge on any atom is 0.416 e. The molecule has 0 aromatic heterocycles. The van der Waals surface area contributed by atoms with Gasteiger partial charge in [0.15, 0.2) is 0 Å². The van der Waals surface area contributed by atoms with Gasteiger partial charge in [-0.05, 0) is 35.9 Å². The topological polar surface area (TPSA) is 75.7 Å². The molecule has 0 aliphatic carbocycles. The van der Waals surface area contributed by atoms with E-state index < -0.39 is 27.7 Å². The van der Waals surface area contributed by atoms with Gasteiger partial charge in [0.2, 0.25) is 10.0 Å². The van der Waals surface area contributed by atoms with Crippen LogP contribution in [0.1, 0.15) is 21.5 Å². The number of hydrogen-bond acceptors (Lipinski definition) is 4. The van der Waals surface area contributed by atoms with Gasteiger partial charge in [0.25, 0.3) is 5.91 Å². The number of nitrogens with one attached hydrogen (secondary N) is 1. The number of benzene rings is 2. The van der Waals surface area contributed by atoms with Gasteiger partial charge in [0, 0.05) is 25.2 Å². The molecule has 0 atom stereocenters. The summed E-state index contributed by atoms with van der Waals surface area (Å²) in [5.74, 6) is -0.637. The second-order valence-corrected chi connectivity index (χ2v) is 8.86. The lowest BCUT2D eigenvalue weighted by Gasteiger charge is -2.26. The monoisotopic (exact) mass is 462 g/mol. The second kappa shape index (κ2) is 8.93. The number of sulfonamides is 1. The summed E-state index contributed by atoms with van der Waals surface area (Å²) in [5, 5.41) is 2.46. The van der Waals surface area contributed by atoms with E-state index in [9.17, 15) is 26.4 Å². The lowest BCUT2D eigenvalue weighted by molar-refractivity contribution is -0.137. The van der Waals surface area contributed by atoms with Crippen LogP contribution < -0.4 is 5.32 Å². The summed E-state index contributed by atoms with van der Waals surface area (Å²) in [6, 6.07) is 8.39. The normalized spacial score (nSPS) is 15.7. The van der Waals surface area contributed by atoms with Crippen LogP contribution in [0, 0.1) is 0 Å². The Hall–Kier alpha value is -2.14. The van der Waals surface area contributed by atoms with Crippen molar-refractivity contribution in [3.8, 4) is 0 Å². The summed E-state index contributed by atoms with van der Waals surface area (Å²) in [6.07, 6.45) is -4.49. The molecule has 2 aromatic carbocycles. The summed E-state index contributed by atoms with van der Waals surface area (Å²) >= 11 is 6.06. The molecule has 6 nitrogen and oxygen atoms in total. The van der Waals surface area contributed by atoms with Crippen LogP contribution in [0.4, 0.5) is 13.2 Å². The Morgan fingerprint density at radius 3 is 2.50 bits per heavy atom. The van der Waals surface area contributed by atoms with Crippen LogP contribution in [-0.4, -0.2) is 44.9 Å². The highest BCUT2D eigenvalue weighted by molar-refractivity contribution is 7.89. The Kier molecular flexibility index (Phi) is 6.71. The zero-order valence-electron chi connectivity index (χ0n) is 15.6.